The second-order valence-corrected chi connectivity index (χ2v) is 7.34. The molecule has 3 amide bonds. The normalized spacial score (nSPS) is 10.3. The van der Waals surface area contributed by atoms with Crippen molar-refractivity contribution in [3.8, 4) is 0 Å². The number of hydrogen-bond donors (Lipinski definition) is 3. The van der Waals surface area contributed by atoms with Crippen molar-refractivity contribution in [2.24, 2.45) is 0 Å². The van der Waals surface area contributed by atoms with Crippen LogP contribution in [0.5, 0.6) is 0 Å². The molecule has 0 bridgehead atoms. The summed E-state index contributed by atoms with van der Waals surface area (Å²) in [5.74, 6) is -1.79. The molecule has 0 saturated heterocycles. The standard InChI is InChI=1S/C24H31N3O3/c1-3-4-5-6-9-16-25-23(29)24(30)27-21-11-8-7-10-20(21)22(28)26-17-19-14-12-18(2)13-15-19/h7-8,10-15H,3-6,9,16-17H2,1-2H3,(H,25,29)(H,26,28)(H,27,30). The molecule has 6 heteroatoms. The highest BCUT2D eigenvalue weighted by atomic mass is 16.2. The Morgan fingerprint density at radius 3 is 2.23 bits per heavy atom. The van der Waals surface area contributed by atoms with Crippen molar-refractivity contribution in [3.05, 3.63) is 65.2 Å². The number of unbranched alkanes of at least 4 members (excludes halogenated alkanes) is 4. The molecule has 0 aliphatic heterocycles. The Morgan fingerprint density at radius 1 is 0.800 bits per heavy atom. The number of carbonyl (C=O) groups is 3. The summed E-state index contributed by atoms with van der Waals surface area (Å²) in [6.45, 7) is 4.99. The zero-order valence-electron chi connectivity index (χ0n) is 17.8. The van der Waals surface area contributed by atoms with E-state index in [4.69, 9.17) is 0 Å². The minimum Gasteiger partial charge on any atom is -0.348 e. The van der Waals surface area contributed by atoms with Crippen LogP contribution in [0.25, 0.3) is 0 Å². The predicted molar refractivity (Wildman–Crippen MR) is 119 cm³/mol. The third-order valence-corrected chi connectivity index (χ3v) is 4.77. The van der Waals surface area contributed by atoms with Crippen molar-refractivity contribution in [1.82, 2.24) is 10.6 Å². The number of carbonyl (C=O) groups excluding carboxylic acids is 3. The zero-order chi connectivity index (χ0) is 21.8. The van der Waals surface area contributed by atoms with E-state index in [1.54, 1.807) is 24.3 Å². The van der Waals surface area contributed by atoms with E-state index in [9.17, 15) is 14.4 Å². The van der Waals surface area contributed by atoms with Crippen LogP contribution in [-0.2, 0) is 16.1 Å². The predicted octanol–water partition coefficient (Wildman–Crippen LogP) is 3.95. The summed E-state index contributed by atoms with van der Waals surface area (Å²) in [6, 6.07) is 14.5. The largest absolute Gasteiger partial charge is 0.348 e. The van der Waals surface area contributed by atoms with Crippen molar-refractivity contribution < 1.29 is 14.4 Å². The second-order valence-electron chi connectivity index (χ2n) is 7.34. The summed E-state index contributed by atoms with van der Waals surface area (Å²) in [7, 11) is 0. The van der Waals surface area contributed by atoms with Gasteiger partial charge in [-0.05, 0) is 31.0 Å². The smallest absolute Gasteiger partial charge is 0.313 e. The Labute approximate surface area is 178 Å². The third-order valence-electron chi connectivity index (χ3n) is 4.77. The first-order valence-corrected chi connectivity index (χ1v) is 10.5. The van der Waals surface area contributed by atoms with E-state index in [1.165, 1.54) is 6.42 Å². The molecule has 2 aromatic carbocycles. The molecule has 0 aromatic heterocycles. The minimum absolute atomic E-state index is 0.307. The molecule has 160 valence electrons. The topological polar surface area (TPSA) is 87.3 Å². The SMILES string of the molecule is CCCCCCCNC(=O)C(=O)Nc1ccccc1C(=O)NCc1ccc(C)cc1. The zero-order valence-corrected chi connectivity index (χ0v) is 17.8. The van der Waals surface area contributed by atoms with Gasteiger partial charge in [0.1, 0.15) is 0 Å². The van der Waals surface area contributed by atoms with Gasteiger partial charge in [0.2, 0.25) is 0 Å². The molecule has 2 rings (SSSR count). The Bertz CT molecular complexity index is 847. The molecule has 0 spiro atoms. The molecule has 0 aliphatic carbocycles. The first-order valence-electron chi connectivity index (χ1n) is 10.5. The van der Waals surface area contributed by atoms with E-state index in [0.717, 1.165) is 36.8 Å². The quantitative estimate of drug-likeness (QED) is 0.410. The average Bonchev–Trinajstić information content (AvgIpc) is 2.75. The number of nitrogens with one attached hydrogen (secondary N) is 3. The van der Waals surface area contributed by atoms with Crippen LogP contribution >= 0.6 is 0 Å². The van der Waals surface area contributed by atoms with Gasteiger partial charge < -0.3 is 16.0 Å². The lowest BCUT2D eigenvalue weighted by atomic mass is 10.1. The number of rotatable bonds is 10. The maximum Gasteiger partial charge on any atom is 0.313 e. The van der Waals surface area contributed by atoms with Crippen molar-refractivity contribution in [1.29, 1.82) is 0 Å². The Balaban J connectivity index is 1.87. The molecule has 0 atom stereocenters. The van der Waals surface area contributed by atoms with Gasteiger partial charge in [0.15, 0.2) is 0 Å². The molecule has 0 heterocycles. The first kappa shape index (κ1) is 23.1. The summed E-state index contributed by atoms with van der Waals surface area (Å²) < 4.78 is 0. The number of hydrogen-bond acceptors (Lipinski definition) is 3. The van der Waals surface area contributed by atoms with Crippen molar-refractivity contribution >= 4 is 23.4 Å². The lowest BCUT2D eigenvalue weighted by Gasteiger charge is -2.12. The van der Waals surface area contributed by atoms with Gasteiger partial charge in [0.05, 0.1) is 11.3 Å². The second kappa shape index (κ2) is 12.4. The highest BCUT2D eigenvalue weighted by molar-refractivity contribution is 6.40. The maximum absolute atomic E-state index is 12.6. The number of amides is 3. The molecular formula is C24H31N3O3. The fourth-order valence-corrected chi connectivity index (χ4v) is 2.96. The molecule has 0 fully saturated rings. The van der Waals surface area contributed by atoms with Crippen LogP contribution in [0.1, 0.15) is 60.5 Å². The van der Waals surface area contributed by atoms with Gasteiger partial charge in [-0.25, -0.2) is 0 Å². The van der Waals surface area contributed by atoms with Gasteiger partial charge in [-0.3, -0.25) is 14.4 Å². The van der Waals surface area contributed by atoms with Crippen LogP contribution in [0.3, 0.4) is 0 Å². The Hall–Kier alpha value is -3.15. The molecule has 0 radical (unpaired) electrons. The molecule has 0 unspecified atom stereocenters. The summed E-state index contributed by atoms with van der Waals surface area (Å²) in [6.07, 6.45) is 5.34. The molecule has 2 aromatic rings. The molecule has 3 N–H and O–H groups in total. The molecule has 0 aliphatic rings. The van der Waals surface area contributed by atoms with Gasteiger partial charge >= 0.3 is 11.8 Å². The number of aryl methyl sites for hydroxylation is 1. The Morgan fingerprint density at radius 2 is 1.50 bits per heavy atom. The highest BCUT2D eigenvalue weighted by Gasteiger charge is 2.17. The number of para-hydroxylation sites is 1. The molecule has 30 heavy (non-hydrogen) atoms. The molecule has 6 nitrogen and oxygen atoms in total. The van der Waals surface area contributed by atoms with Gasteiger partial charge in [0.25, 0.3) is 5.91 Å². The van der Waals surface area contributed by atoms with E-state index in [1.807, 2.05) is 31.2 Å². The third kappa shape index (κ3) is 7.70. The molecule has 0 saturated carbocycles. The average molecular weight is 410 g/mol. The molecular weight excluding hydrogens is 378 g/mol. The van der Waals surface area contributed by atoms with Crippen LogP contribution in [0, 0.1) is 6.92 Å². The lowest BCUT2D eigenvalue weighted by Crippen LogP contribution is -2.36. The number of anilines is 1. The van der Waals surface area contributed by atoms with E-state index in [2.05, 4.69) is 22.9 Å². The first-order chi connectivity index (χ1) is 14.5. The van der Waals surface area contributed by atoms with E-state index in [-0.39, 0.29) is 5.91 Å². The van der Waals surface area contributed by atoms with E-state index >= 15 is 0 Å². The summed E-state index contributed by atoms with van der Waals surface area (Å²) in [4.78, 5) is 36.8. The van der Waals surface area contributed by atoms with Crippen LogP contribution in [0.4, 0.5) is 5.69 Å². The van der Waals surface area contributed by atoms with Crippen molar-refractivity contribution in [2.45, 2.75) is 52.5 Å². The lowest BCUT2D eigenvalue weighted by molar-refractivity contribution is -0.136. The van der Waals surface area contributed by atoms with Crippen LogP contribution in [0.15, 0.2) is 48.5 Å². The van der Waals surface area contributed by atoms with E-state index in [0.29, 0.717) is 24.3 Å². The highest BCUT2D eigenvalue weighted by Crippen LogP contribution is 2.15. The monoisotopic (exact) mass is 409 g/mol. The van der Waals surface area contributed by atoms with Crippen LogP contribution < -0.4 is 16.0 Å². The number of benzene rings is 2. The van der Waals surface area contributed by atoms with E-state index < -0.39 is 11.8 Å². The summed E-state index contributed by atoms with van der Waals surface area (Å²) >= 11 is 0. The minimum atomic E-state index is -0.776. The fourth-order valence-electron chi connectivity index (χ4n) is 2.96. The van der Waals surface area contributed by atoms with Crippen molar-refractivity contribution in [2.75, 3.05) is 11.9 Å². The van der Waals surface area contributed by atoms with Gasteiger partial charge in [-0.2, -0.15) is 0 Å². The van der Waals surface area contributed by atoms with Crippen LogP contribution in [0.2, 0.25) is 0 Å². The van der Waals surface area contributed by atoms with Gasteiger partial charge in [-0.15, -0.1) is 0 Å². The van der Waals surface area contributed by atoms with Gasteiger partial charge in [-0.1, -0.05) is 74.6 Å². The van der Waals surface area contributed by atoms with Crippen molar-refractivity contribution in [3.63, 3.8) is 0 Å². The van der Waals surface area contributed by atoms with Crippen LogP contribution in [-0.4, -0.2) is 24.3 Å². The summed E-state index contributed by atoms with van der Waals surface area (Å²) in [5.41, 5.74) is 2.75. The Kier molecular flexibility index (Phi) is 9.58. The van der Waals surface area contributed by atoms with Gasteiger partial charge in [0, 0.05) is 13.1 Å². The fraction of sp³-hybridized carbons (Fsp3) is 0.375. The summed E-state index contributed by atoms with van der Waals surface area (Å²) in [5, 5.41) is 8.02. The maximum atomic E-state index is 12.6.